The number of amides is 1. The quantitative estimate of drug-likeness (QED) is 0.806. The molecular formula is C14H19N5O2. The van der Waals surface area contributed by atoms with Crippen LogP contribution in [0.5, 0.6) is 0 Å². The van der Waals surface area contributed by atoms with Crippen LogP contribution in [0.1, 0.15) is 23.4 Å². The molecule has 0 saturated carbocycles. The highest BCUT2D eigenvalue weighted by Crippen LogP contribution is 2.26. The van der Waals surface area contributed by atoms with Gasteiger partial charge in [-0.2, -0.15) is 5.10 Å². The Bertz CT molecular complexity index is 632. The Hall–Kier alpha value is -2.15. The van der Waals surface area contributed by atoms with Gasteiger partial charge >= 0.3 is 0 Å². The fourth-order valence-corrected chi connectivity index (χ4v) is 2.68. The van der Waals surface area contributed by atoms with E-state index in [0.29, 0.717) is 32.7 Å². The van der Waals surface area contributed by atoms with Crippen LogP contribution < -0.4 is 0 Å². The van der Waals surface area contributed by atoms with E-state index in [1.165, 1.54) is 0 Å². The molecule has 0 saturated heterocycles. The van der Waals surface area contributed by atoms with E-state index < -0.39 is 0 Å². The van der Waals surface area contributed by atoms with E-state index in [2.05, 4.69) is 10.1 Å². The van der Waals surface area contributed by atoms with Crippen molar-refractivity contribution in [2.24, 2.45) is 7.05 Å². The number of carbonyl (C=O) groups is 1. The van der Waals surface area contributed by atoms with Crippen LogP contribution in [0.3, 0.4) is 0 Å². The summed E-state index contributed by atoms with van der Waals surface area (Å²) in [5, 5.41) is 4.57. The molecule has 3 heterocycles. The highest BCUT2D eigenvalue weighted by Gasteiger charge is 2.29. The summed E-state index contributed by atoms with van der Waals surface area (Å²) in [7, 11) is 3.54. The highest BCUT2D eigenvalue weighted by molar-refractivity contribution is 5.77. The first-order valence-corrected chi connectivity index (χ1v) is 6.95. The molecule has 1 aliphatic rings. The summed E-state index contributed by atoms with van der Waals surface area (Å²) in [5.74, 6) is 0.127. The molecular weight excluding hydrogens is 270 g/mol. The number of carbonyl (C=O) groups excluding carboxylic acids is 1. The number of aromatic nitrogens is 4. The van der Waals surface area contributed by atoms with Crippen LogP contribution in [0.15, 0.2) is 18.7 Å². The molecule has 3 rings (SSSR count). The van der Waals surface area contributed by atoms with Crippen LogP contribution in [0.4, 0.5) is 0 Å². The SMILES string of the molecule is COCCC(=O)N1Cc2c(Cn3ccnc3)nn(C)c2C1. The minimum absolute atomic E-state index is 0.127. The molecule has 0 fully saturated rings. The van der Waals surface area contributed by atoms with Gasteiger partial charge in [-0.15, -0.1) is 0 Å². The number of hydrogen-bond acceptors (Lipinski definition) is 4. The molecule has 0 aliphatic carbocycles. The number of aryl methyl sites for hydroxylation is 1. The van der Waals surface area contributed by atoms with Crippen molar-refractivity contribution in [1.82, 2.24) is 24.2 Å². The Morgan fingerprint density at radius 1 is 1.43 bits per heavy atom. The minimum Gasteiger partial charge on any atom is -0.384 e. The Morgan fingerprint density at radius 3 is 3.00 bits per heavy atom. The fraction of sp³-hybridized carbons (Fsp3) is 0.500. The van der Waals surface area contributed by atoms with Crippen LogP contribution >= 0.6 is 0 Å². The third kappa shape index (κ3) is 2.69. The van der Waals surface area contributed by atoms with Crippen molar-refractivity contribution in [3.8, 4) is 0 Å². The minimum atomic E-state index is 0.127. The van der Waals surface area contributed by atoms with E-state index in [0.717, 1.165) is 17.0 Å². The number of fused-ring (bicyclic) bond motifs is 1. The average Bonchev–Trinajstić information content (AvgIpc) is 3.16. The zero-order valence-corrected chi connectivity index (χ0v) is 12.3. The molecule has 0 radical (unpaired) electrons. The summed E-state index contributed by atoms with van der Waals surface area (Å²) < 4.78 is 8.84. The fourth-order valence-electron chi connectivity index (χ4n) is 2.68. The second kappa shape index (κ2) is 5.69. The smallest absolute Gasteiger partial charge is 0.225 e. The van der Waals surface area contributed by atoms with Crippen molar-refractivity contribution in [3.05, 3.63) is 35.7 Å². The average molecular weight is 289 g/mol. The number of imidazole rings is 1. The Morgan fingerprint density at radius 2 is 2.29 bits per heavy atom. The predicted molar refractivity (Wildman–Crippen MR) is 75.3 cm³/mol. The van der Waals surface area contributed by atoms with Crippen LogP contribution in [0, 0.1) is 0 Å². The van der Waals surface area contributed by atoms with E-state index in [9.17, 15) is 4.79 Å². The van der Waals surface area contributed by atoms with Crippen LogP contribution in [0.2, 0.25) is 0 Å². The lowest BCUT2D eigenvalue weighted by Gasteiger charge is -2.16. The van der Waals surface area contributed by atoms with E-state index >= 15 is 0 Å². The van der Waals surface area contributed by atoms with Crippen molar-refractivity contribution in [1.29, 1.82) is 0 Å². The zero-order valence-electron chi connectivity index (χ0n) is 12.3. The van der Waals surface area contributed by atoms with E-state index in [4.69, 9.17) is 4.74 Å². The van der Waals surface area contributed by atoms with Gasteiger partial charge in [0.05, 0.1) is 43.8 Å². The third-order valence-corrected chi connectivity index (χ3v) is 3.81. The summed E-state index contributed by atoms with van der Waals surface area (Å²) in [6.45, 7) is 2.41. The largest absolute Gasteiger partial charge is 0.384 e. The molecule has 0 spiro atoms. The van der Waals surface area contributed by atoms with E-state index in [-0.39, 0.29) is 5.91 Å². The van der Waals surface area contributed by atoms with Gasteiger partial charge in [0.25, 0.3) is 0 Å². The van der Waals surface area contributed by atoms with Gasteiger partial charge in [-0.3, -0.25) is 9.48 Å². The standard InChI is InChI=1S/C14H19N5O2/c1-17-13-9-19(14(20)3-6-21-2)7-11(13)12(16-17)8-18-5-4-15-10-18/h4-5,10H,3,6-9H2,1-2H3. The first kappa shape index (κ1) is 13.8. The highest BCUT2D eigenvalue weighted by atomic mass is 16.5. The van der Waals surface area contributed by atoms with Crippen molar-refractivity contribution in [3.63, 3.8) is 0 Å². The van der Waals surface area contributed by atoms with Gasteiger partial charge in [0.15, 0.2) is 0 Å². The van der Waals surface area contributed by atoms with Gasteiger partial charge in [-0.1, -0.05) is 0 Å². The summed E-state index contributed by atoms with van der Waals surface area (Å²) in [5.41, 5.74) is 3.29. The van der Waals surface area contributed by atoms with Crippen molar-refractivity contribution >= 4 is 5.91 Å². The Balaban J connectivity index is 1.75. The molecule has 21 heavy (non-hydrogen) atoms. The Labute approximate surface area is 123 Å². The molecule has 0 bridgehead atoms. The molecule has 7 nitrogen and oxygen atoms in total. The molecule has 0 atom stereocenters. The number of nitrogens with zero attached hydrogens (tertiary/aromatic N) is 5. The molecule has 0 N–H and O–H groups in total. The van der Waals surface area contributed by atoms with Crippen molar-refractivity contribution in [2.75, 3.05) is 13.7 Å². The molecule has 0 aromatic carbocycles. The molecule has 112 valence electrons. The van der Waals surface area contributed by atoms with Gasteiger partial charge in [-0.05, 0) is 0 Å². The zero-order chi connectivity index (χ0) is 14.8. The maximum absolute atomic E-state index is 12.1. The molecule has 1 amide bonds. The van der Waals surface area contributed by atoms with Crippen LogP contribution in [0.25, 0.3) is 0 Å². The maximum Gasteiger partial charge on any atom is 0.225 e. The lowest BCUT2D eigenvalue weighted by Crippen LogP contribution is -2.27. The lowest BCUT2D eigenvalue weighted by molar-refractivity contribution is -0.132. The van der Waals surface area contributed by atoms with Gasteiger partial charge in [0.2, 0.25) is 5.91 Å². The van der Waals surface area contributed by atoms with Gasteiger partial charge in [0, 0.05) is 38.7 Å². The lowest BCUT2D eigenvalue weighted by atomic mass is 10.2. The maximum atomic E-state index is 12.1. The summed E-state index contributed by atoms with van der Waals surface area (Å²) in [6.07, 6.45) is 5.87. The van der Waals surface area contributed by atoms with E-state index in [1.54, 1.807) is 19.6 Å². The topological polar surface area (TPSA) is 65.2 Å². The van der Waals surface area contributed by atoms with Gasteiger partial charge < -0.3 is 14.2 Å². The first-order valence-electron chi connectivity index (χ1n) is 6.95. The third-order valence-electron chi connectivity index (χ3n) is 3.81. The molecule has 2 aromatic rings. The first-order chi connectivity index (χ1) is 10.2. The van der Waals surface area contributed by atoms with Crippen molar-refractivity contribution < 1.29 is 9.53 Å². The predicted octanol–water partition coefficient (Wildman–Crippen LogP) is 0.544. The summed E-state index contributed by atoms with van der Waals surface area (Å²) >= 11 is 0. The van der Waals surface area contributed by atoms with E-state index in [1.807, 2.05) is 27.4 Å². The van der Waals surface area contributed by atoms with Crippen LogP contribution in [-0.4, -0.2) is 43.9 Å². The number of ether oxygens (including phenoxy) is 1. The number of rotatable bonds is 5. The van der Waals surface area contributed by atoms with Crippen LogP contribution in [-0.2, 0) is 36.2 Å². The van der Waals surface area contributed by atoms with Gasteiger partial charge in [0.1, 0.15) is 0 Å². The number of hydrogen-bond donors (Lipinski definition) is 0. The summed E-state index contributed by atoms with van der Waals surface area (Å²) in [6, 6.07) is 0. The number of methoxy groups -OCH3 is 1. The second-order valence-electron chi connectivity index (χ2n) is 5.22. The van der Waals surface area contributed by atoms with Crippen molar-refractivity contribution in [2.45, 2.75) is 26.1 Å². The second-order valence-corrected chi connectivity index (χ2v) is 5.22. The molecule has 2 aromatic heterocycles. The molecule has 7 heteroatoms. The molecule has 1 aliphatic heterocycles. The molecule has 0 unspecified atom stereocenters. The Kier molecular flexibility index (Phi) is 3.74. The summed E-state index contributed by atoms with van der Waals surface area (Å²) in [4.78, 5) is 18.0. The normalized spacial score (nSPS) is 13.7. The monoisotopic (exact) mass is 289 g/mol. The van der Waals surface area contributed by atoms with Gasteiger partial charge in [-0.25, -0.2) is 4.98 Å².